The lowest BCUT2D eigenvalue weighted by Gasteiger charge is -2.03. The summed E-state index contributed by atoms with van der Waals surface area (Å²) >= 11 is 0. The van der Waals surface area contributed by atoms with Gasteiger partial charge in [-0.3, -0.25) is 4.79 Å². The molecule has 0 aromatic carbocycles. The Hall–Kier alpha value is -1.68. The molecule has 1 heterocycles. The summed E-state index contributed by atoms with van der Waals surface area (Å²) in [7, 11) is -2.06. The summed E-state index contributed by atoms with van der Waals surface area (Å²) in [6.07, 6.45) is 0. The van der Waals surface area contributed by atoms with Crippen molar-refractivity contribution in [2.45, 2.75) is 0 Å². The van der Waals surface area contributed by atoms with E-state index in [2.05, 4.69) is 25.0 Å². The van der Waals surface area contributed by atoms with E-state index in [-0.39, 0.29) is 23.8 Å². The summed E-state index contributed by atoms with van der Waals surface area (Å²) in [6, 6.07) is 0. The summed E-state index contributed by atoms with van der Waals surface area (Å²) in [6.45, 7) is -0.0612. The number of anilines is 1. The number of carbonyl (C=O) groups excluding carboxylic acids is 1. The molecule has 90 valence electrons. The minimum Gasteiger partial charge on any atom is -0.379 e. The van der Waals surface area contributed by atoms with Crippen molar-refractivity contribution in [1.82, 2.24) is 20.4 Å². The first-order valence-electron chi connectivity index (χ1n) is 4.23. The van der Waals surface area contributed by atoms with E-state index in [9.17, 15) is 13.2 Å². The van der Waals surface area contributed by atoms with Gasteiger partial charge in [0.25, 0.3) is 5.91 Å². The fraction of sp³-hybridized carbons (Fsp3) is 0.500. The Morgan fingerprint density at radius 1 is 1.50 bits per heavy atom. The van der Waals surface area contributed by atoms with E-state index in [0.717, 1.165) is 0 Å². The SMILES string of the molecule is CNS(=O)(=O)CCNC(=O)c1nonc1N. The van der Waals surface area contributed by atoms with Crippen LogP contribution in [0.3, 0.4) is 0 Å². The third kappa shape index (κ3) is 3.17. The molecule has 0 aliphatic carbocycles. The van der Waals surface area contributed by atoms with Gasteiger partial charge in [0.1, 0.15) is 0 Å². The average molecular weight is 249 g/mol. The topological polar surface area (TPSA) is 140 Å². The van der Waals surface area contributed by atoms with Crippen molar-refractivity contribution in [3.8, 4) is 0 Å². The van der Waals surface area contributed by atoms with Crippen LogP contribution in [-0.4, -0.2) is 44.0 Å². The molecule has 0 saturated carbocycles. The van der Waals surface area contributed by atoms with E-state index in [4.69, 9.17) is 5.73 Å². The Morgan fingerprint density at radius 2 is 2.19 bits per heavy atom. The van der Waals surface area contributed by atoms with Gasteiger partial charge in [0.15, 0.2) is 0 Å². The number of aromatic nitrogens is 2. The Kier molecular flexibility index (Phi) is 3.79. The Balaban J connectivity index is 2.46. The van der Waals surface area contributed by atoms with Crippen LogP contribution in [0.25, 0.3) is 0 Å². The lowest BCUT2D eigenvalue weighted by Crippen LogP contribution is -2.33. The largest absolute Gasteiger partial charge is 0.379 e. The molecule has 16 heavy (non-hydrogen) atoms. The number of nitrogens with two attached hydrogens (primary N) is 1. The quantitative estimate of drug-likeness (QED) is 0.544. The van der Waals surface area contributed by atoms with Crippen molar-refractivity contribution >= 4 is 21.7 Å². The first-order valence-corrected chi connectivity index (χ1v) is 5.89. The minimum atomic E-state index is -3.35. The molecule has 0 spiro atoms. The maximum atomic E-state index is 11.3. The van der Waals surface area contributed by atoms with E-state index in [1.807, 2.05) is 0 Å². The van der Waals surface area contributed by atoms with Crippen molar-refractivity contribution < 1.29 is 17.8 Å². The first kappa shape index (κ1) is 12.4. The molecule has 10 heteroatoms. The highest BCUT2D eigenvalue weighted by molar-refractivity contribution is 7.89. The van der Waals surface area contributed by atoms with Crippen LogP contribution in [0.2, 0.25) is 0 Å². The minimum absolute atomic E-state index is 0.0612. The molecular weight excluding hydrogens is 238 g/mol. The van der Waals surface area contributed by atoms with Gasteiger partial charge in [-0.05, 0) is 17.4 Å². The van der Waals surface area contributed by atoms with E-state index in [1.165, 1.54) is 7.05 Å². The molecule has 0 saturated heterocycles. The number of nitrogens with zero attached hydrogens (tertiary/aromatic N) is 2. The molecule has 9 nitrogen and oxygen atoms in total. The van der Waals surface area contributed by atoms with Crippen LogP contribution in [0, 0.1) is 0 Å². The molecule has 0 aliphatic rings. The molecule has 0 aliphatic heterocycles. The van der Waals surface area contributed by atoms with Crippen molar-refractivity contribution in [2.75, 3.05) is 25.1 Å². The Labute approximate surface area is 91.4 Å². The molecule has 4 N–H and O–H groups in total. The molecule has 1 rings (SSSR count). The van der Waals surface area contributed by atoms with E-state index >= 15 is 0 Å². The number of rotatable bonds is 5. The van der Waals surface area contributed by atoms with E-state index in [1.54, 1.807) is 0 Å². The lowest BCUT2D eigenvalue weighted by atomic mass is 10.4. The zero-order valence-electron chi connectivity index (χ0n) is 8.43. The molecule has 1 amide bonds. The van der Waals surface area contributed by atoms with Gasteiger partial charge < -0.3 is 11.1 Å². The van der Waals surface area contributed by atoms with Gasteiger partial charge in [-0.1, -0.05) is 0 Å². The average Bonchev–Trinajstić information content (AvgIpc) is 2.64. The Morgan fingerprint density at radius 3 is 2.69 bits per heavy atom. The van der Waals surface area contributed by atoms with Gasteiger partial charge in [-0.2, -0.15) is 0 Å². The molecule has 1 aromatic rings. The van der Waals surface area contributed by atoms with Crippen LogP contribution < -0.4 is 15.8 Å². The highest BCUT2D eigenvalue weighted by Crippen LogP contribution is 2.02. The number of hydrogen-bond acceptors (Lipinski definition) is 7. The van der Waals surface area contributed by atoms with E-state index in [0.29, 0.717) is 0 Å². The van der Waals surface area contributed by atoms with E-state index < -0.39 is 15.9 Å². The summed E-state index contributed by atoms with van der Waals surface area (Å²) in [5.41, 5.74) is 5.10. The monoisotopic (exact) mass is 249 g/mol. The van der Waals surface area contributed by atoms with Crippen LogP contribution in [0.4, 0.5) is 5.82 Å². The number of sulfonamides is 1. The second-order valence-corrected chi connectivity index (χ2v) is 4.82. The first-order chi connectivity index (χ1) is 7.46. The third-order valence-corrected chi connectivity index (χ3v) is 3.06. The highest BCUT2D eigenvalue weighted by atomic mass is 32.2. The van der Waals surface area contributed by atoms with Gasteiger partial charge in [0.05, 0.1) is 5.75 Å². The van der Waals surface area contributed by atoms with Crippen molar-refractivity contribution in [2.24, 2.45) is 0 Å². The fourth-order valence-electron chi connectivity index (χ4n) is 0.838. The predicted octanol–water partition coefficient (Wildman–Crippen LogP) is -2.07. The van der Waals surface area contributed by atoms with Gasteiger partial charge in [-0.25, -0.2) is 17.8 Å². The zero-order valence-corrected chi connectivity index (χ0v) is 9.24. The molecule has 0 unspecified atom stereocenters. The van der Waals surface area contributed by atoms with Crippen molar-refractivity contribution in [3.05, 3.63) is 5.69 Å². The molecule has 0 radical (unpaired) electrons. The van der Waals surface area contributed by atoms with Crippen LogP contribution >= 0.6 is 0 Å². The van der Waals surface area contributed by atoms with Crippen LogP contribution in [0.1, 0.15) is 10.5 Å². The van der Waals surface area contributed by atoms with Gasteiger partial charge in [0, 0.05) is 6.54 Å². The number of nitrogen functional groups attached to an aromatic ring is 1. The van der Waals surface area contributed by atoms with Crippen LogP contribution in [-0.2, 0) is 10.0 Å². The summed E-state index contributed by atoms with van der Waals surface area (Å²) in [5, 5.41) is 8.79. The highest BCUT2D eigenvalue weighted by Gasteiger charge is 2.16. The fourth-order valence-corrected chi connectivity index (χ4v) is 1.41. The molecule has 0 atom stereocenters. The predicted molar refractivity (Wildman–Crippen MR) is 53.9 cm³/mol. The smallest absolute Gasteiger partial charge is 0.277 e. The normalized spacial score (nSPS) is 11.3. The van der Waals surface area contributed by atoms with Crippen molar-refractivity contribution in [3.63, 3.8) is 0 Å². The number of amides is 1. The zero-order chi connectivity index (χ0) is 12.2. The summed E-state index contributed by atoms with van der Waals surface area (Å²) < 4.78 is 28.3. The number of hydrogen-bond donors (Lipinski definition) is 3. The molecule has 0 bridgehead atoms. The second-order valence-electron chi connectivity index (χ2n) is 2.78. The maximum Gasteiger partial charge on any atom is 0.277 e. The molecule has 0 fully saturated rings. The lowest BCUT2D eigenvalue weighted by molar-refractivity contribution is 0.0947. The number of nitrogens with one attached hydrogen (secondary N) is 2. The van der Waals surface area contributed by atoms with Gasteiger partial charge in [0.2, 0.25) is 21.5 Å². The Bertz CT molecular complexity index is 467. The molecule has 1 aromatic heterocycles. The maximum absolute atomic E-state index is 11.3. The second kappa shape index (κ2) is 4.90. The van der Waals surface area contributed by atoms with Crippen LogP contribution in [0.5, 0.6) is 0 Å². The van der Waals surface area contributed by atoms with Crippen molar-refractivity contribution in [1.29, 1.82) is 0 Å². The third-order valence-electron chi connectivity index (χ3n) is 1.70. The standard InChI is InChI=1S/C6H11N5O4S/c1-8-16(13,14)3-2-9-6(12)4-5(7)11-15-10-4/h8H,2-3H2,1H3,(H2,7,11)(H,9,12). The summed E-state index contributed by atoms with van der Waals surface area (Å²) in [4.78, 5) is 11.3. The molecular formula is C6H11N5O4S. The van der Waals surface area contributed by atoms with Gasteiger partial charge >= 0.3 is 0 Å². The van der Waals surface area contributed by atoms with Gasteiger partial charge in [-0.15, -0.1) is 0 Å². The van der Waals surface area contributed by atoms with Crippen LogP contribution in [0.15, 0.2) is 4.63 Å². The number of carbonyl (C=O) groups is 1. The summed E-state index contributed by atoms with van der Waals surface area (Å²) in [5.74, 6) is -1.01.